The first kappa shape index (κ1) is 7.56. The third kappa shape index (κ3) is 1.30. The summed E-state index contributed by atoms with van der Waals surface area (Å²) in [6, 6.07) is 1.64. The standard InChI is InChI=1S/C9H18N2/c1-8(2)11-7-10-5-3-9(11)4-6-10/h8-9H,3-7H2,1-2H3. The topological polar surface area (TPSA) is 6.48 Å². The van der Waals surface area contributed by atoms with E-state index >= 15 is 0 Å². The molecule has 0 saturated carbocycles. The molecule has 11 heavy (non-hydrogen) atoms. The van der Waals surface area contributed by atoms with E-state index in [9.17, 15) is 0 Å². The Bertz CT molecular complexity index is 136. The molecule has 0 aromatic heterocycles. The second-order valence-electron chi connectivity index (χ2n) is 4.10. The fourth-order valence-corrected chi connectivity index (χ4v) is 2.32. The molecule has 0 N–H and O–H groups in total. The first-order valence-corrected chi connectivity index (χ1v) is 4.75. The lowest BCUT2D eigenvalue weighted by Gasteiger charge is -2.49. The molecule has 0 radical (unpaired) electrons. The van der Waals surface area contributed by atoms with Gasteiger partial charge in [0, 0.05) is 25.2 Å². The molecule has 64 valence electrons. The smallest absolute Gasteiger partial charge is 0.0511 e. The van der Waals surface area contributed by atoms with E-state index in [-0.39, 0.29) is 0 Å². The average molecular weight is 154 g/mol. The maximum absolute atomic E-state index is 2.63. The van der Waals surface area contributed by atoms with Crippen LogP contribution >= 0.6 is 0 Å². The quantitative estimate of drug-likeness (QED) is 0.558. The highest BCUT2D eigenvalue weighted by Gasteiger charge is 2.32. The van der Waals surface area contributed by atoms with Crippen molar-refractivity contribution < 1.29 is 0 Å². The summed E-state index contributed by atoms with van der Waals surface area (Å²) >= 11 is 0. The molecule has 3 saturated heterocycles. The Kier molecular flexibility index (Phi) is 1.90. The fraction of sp³-hybridized carbons (Fsp3) is 1.00. The maximum Gasteiger partial charge on any atom is 0.0511 e. The summed E-state index contributed by atoms with van der Waals surface area (Å²) in [5.41, 5.74) is 0. The van der Waals surface area contributed by atoms with Crippen molar-refractivity contribution in [2.75, 3.05) is 19.8 Å². The molecule has 0 unspecified atom stereocenters. The highest BCUT2D eigenvalue weighted by molar-refractivity contribution is 4.86. The molecule has 3 aliphatic heterocycles. The molecule has 2 bridgehead atoms. The Balaban J connectivity index is 2.03. The molecule has 3 fully saturated rings. The molecular formula is C9H18N2. The molecule has 0 aromatic rings. The number of nitrogens with zero attached hydrogens (tertiary/aromatic N) is 2. The second kappa shape index (κ2) is 2.76. The summed E-state index contributed by atoms with van der Waals surface area (Å²) < 4.78 is 0. The van der Waals surface area contributed by atoms with Gasteiger partial charge in [0.05, 0.1) is 6.67 Å². The zero-order chi connectivity index (χ0) is 7.84. The first-order chi connectivity index (χ1) is 5.27. The lowest BCUT2D eigenvalue weighted by Crippen LogP contribution is -2.58. The summed E-state index contributed by atoms with van der Waals surface area (Å²) in [5.74, 6) is 0. The lowest BCUT2D eigenvalue weighted by molar-refractivity contribution is -0.0324. The van der Waals surface area contributed by atoms with Gasteiger partial charge in [-0.15, -0.1) is 0 Å². The van der Waals surface area contributed by atoms with Crippen molar-refractivity contribution in [3.05, 3.63) is 0 Å². The third-order valence-electron chi connectivity index (χ3n) is 3.05. The van der Waals surface area contributed by atoms with Gasteiger partial charge in [-0.1, -0.05) is 0 Å². The third-order valence-corrected chi connectivity index (χ3v) is 3.05. The zero-order valence-corrected chi connectivity index (χ0v) is 7.58. The minimum atomic E-state index is 0.739. The van der Waals surface area contributed by atoms with Crippen LogP contribution in [0.15, 0.2) is 0 Å². The predicted molar refractivity (Wildman–Crippen MR) is 46.4 cm³/mol. The van der Waals surface area contributed by atoms with E-state index in [1.54, 1.807) is 0 Å². The molecule has 0 atom stereocenters. The van der Waals surface area contributed by atoms with Crippen LogP contribution in [0.2, 0.25) is 0 Å². The molecule has 3 heterocycles. The van der Waals surface area contributed by atoms with Gasteiger partial charge in [0.25, 0.3) is 0 Å². The largest absolute Gasteiger partial charge is 0.290 e. The first-order valence-electron chi connectivity index (χ1n) is 4.75. The van der Waals surface area contributed by atoms with Crippen LogP contribution in [0.5, 0.6) is 0 Å². The molecular weight excluding hydrogens is 136 g/mol. The van der Waals surface area contributed by atoms with E-state index in [4.69, 9.17) is 0 Å². The Morgan fingerprint density at radius 3 is 2.09 bits per heavy atom. The van der Waals surface area contributed by atoms with Crippen LogP contribution in [0.25, 0.3) is 0 Å². The van der Waals surface area contributed by atoms with Crippen molar-refractivity contribution in [2.45, 2.75) is 38.8 Å². The Morgan fingerprint density at radius 1 is 1.18 bits per heavy atom. The summed E-state index contributed by atoms with van der Waals surface area (Å²) in [5, 5.41) is 0. The Hall–Kier alpha value is -0.0800. The number of hydrogen-bond donors (Lipinski definition) is 0. The fourth-order valence-electron chi connectivity index (χ4n) is 2.32. The van der Waals surface area contributed by atoms with Crippen molar-refractivity contribution >= 4 is 0 Å². The number of hydrogen-bond acceptors (Lipinski definition) is 2. The van der Waals surface area contributed by atoms with Gasteiger partial charge >= 0.3 is 0 Å². The van der Waals surface area contributed by atoms with Gasteiger partial charge in [-0.05, 0) is 26.7 Å². The van der Waals surface area contributed by atoms with Crippen LogP contribution in [-0.4, -0.2) is 41.6 Å². The Morgan fingerprint density at radius 2 is 1.82 bits per heavy atom. The highest BCUT2D eigenvalue weighted by Crippen LogP contribution is 2.24. The van der Waals surface area contributed by atoms with E-state index in [0.29, 0.717) is 0 Å². The van der Waals surface area contributed by atoms with Crippen LogP contribution in [0, 0.1) is 0 Å². The molecule has 0 aliphatic carbocycles. The lowest BCUT2D eigenvalue weighted by atomic mass is 9.99. The van der Waals surface area contributed by atoms with Gasteiger partial charge in [-0.2, -0.15) is 0 Å². The van der Waals surface area contributed by atoms with Crippen molar-refractivity contribution in [1.82, 2.24) is 9.80 Å². The van der Waals surface area contributed by atoms with Gasteiger partial charge < -0.3 is 0 Å². The van der Waals surface area contributed by atoms with Crippen molar-refractivity contribution in [3.63, 3.8) is 0 Å². The second-order valence-corrected chi connectivity index (χ2v) is 4.10. The minimum Gasteiger partial charge on any atom is -0.290 e. The number of fused-ring (bicyclic) bond motifs is 3. The average Bonchev–Trinajstić information content (AvgIpc) is 2.06. The van der Waals surface area contributed by atoms with Crippen LogP contribution in [0.1, 0.15) is 26.7 Å². The van der Waals surface area contributed by atoms with Gasteiger partial charge in [0.2, 0.25) is 0 Å². The summed E-state index contributed by atoms with van der Waals surface area (Å²) in [7, 11) is 0. The van der Waals surface area contributed by atoms with E-state index in [0.717, 1.165) is 12.1 Å². The molecule has 3 rings (SSSR count). The zero-order valence-electron chi connectivity index (χ0n) is 7.58. The monoisotopic (exact) mass is 154 g/mol. The maximum atomic E-state index is 2.63. The Labute approximate surface area is 69.2 Å². The van der Waals surface area contributed by atoms with Crippen molar-refractivity contribution in [2.24, 2.45) is 0 Å². The van der Waals surface area contributed by atoms with Gasteiger partial charge in [0.15, 0.2) is 0 Å². The molecule has 0 spiro atoms. The van der Waals surface area contributed by atoms with Gasteiger partial charge in [0.1, 0.15) is 0 Å². The van der Waals surface area contributed by atoms with E-state index < -0.39 is 0 Å². The predicted octanol–water partition coefficient (Wildman–Crippen LogP) is 1.13. The van der Waals surface area contributed by atoms with Crippen LogP contribution < -0.4 is 0 Å². The van der Waals surface area contributed by atoms with Crippen LogP contribution in [0.3, 0.4) is 0 Å². The summed E-state index contributed by atoms with van der Waals surface area (Å²) in [4.78, 5) is 5.20. The normalized spacial score (nSPS) is 38.5. The SMILES string of the molecule is CC(C)N1CN2CCC1CC2. The molecule has 2 heteroatoms. The molecule has 3 aliphatic rings. The van der Waals surface area contributed by atoms with E-state index in [1.807, 2.05) is 0 Å². The van der Waals surface area contributed by atoms with E-state index in [1.165, 1.54) is 32.6 Å². The molecule has 2 nitrogen and oxygen atoms in total. The van der Waals surface area contributed by atoms with Crippen molar-refractivity contribution in [1.29, 1.82) is 0 Å². The molecule has 0 amide bonds. The van der Waals surface area contributed by atoms with Gasteiger partial charge in [-0.25, -0.2) is 0 Å². The van der Waals surface area contributed by atoms with E-state index in [2.05, 4.69) is 23.6 Å². The van der Waals surface area contributed by atoms with Crippen LogP contribution in [-0.2, 0) is 0 Å². The molecule has 0 aromatic carbocycles. The number of piperidine rings is 1. The summed E-state index contributed by atoms with van der Waals surface area (Å²) in [6.07, 6.45) is 2.80. The number of rotatable bonds is 1. The van der Waals surface area contributed by atoms with Crippen molar-refractivity contribution in [3.8, 4) is 0 Å². The van der Waals surface area contributed by atoms with Crippen LogP contribution in [0.4, 0.5) is 0 Å². The minimum absolute atomic E-state index is 0.739. The summed E-state index contributed by atoms with van der Waals surface area (Å²) in [6.45, 7) is 8.52. The highest BCUT2D eigenvalue weighted by atomic mass is 15.4. The van der Waals surface area contributed by atoms with Gasteiger partial charge in [-0.3, -0.25) is 9.80 Å².